The molecule has 1 N–H and O–H groups in total. The van der Waals surface area contributed by atoms with Crippen molar-refractivity contribution >= 4 is 33.6 Å². The van der Waals surface area contributed by atoms with Crippen LogP contribution in [0.15, 0.2) is 76.0 Å². The molecule has 4 rings (SSSR count). The normalized spacial score (nSPS) is 17.8. The highest BCUT2D eigenvalue weighted by atomic mass is 32.2. The molecule has 2 aliphatic heterocycles. The number of para-hydroxylation sites is 1. The van der Waals surface area contributed by atoms with E-state index in [-0.39, 0.29) is 57.5 Å². The van der Waals surface area contributed by atoms with Crippen LogP contribution in [-0.4, -0.2) is 62.5 Å². The maximum atomic E-state index is 13.5. The Balaban J connectivity index is 1.72. The molecule has 2 aliphatic rings. The summed E-state index contributed by atoms with van der Waals surface area (Å²) in [5.41, 5.74) is -0.206. The lowest BCUT2D eigenvalue weighted by Gasteiger charge is -2.30. The van der Waals surface area contributed by atoms with Crippen LogP contribution in [-0.2, 0) is 33.8 Å². The van der Waals surface area contributed by atoms with Crippen molar-refractivity contribution in [2.45, 2.75) is 24.7 Å². The molecule has 2 aromatic carbocycles. The van der Waals surface area contributed by atoms with Crippen LogP contribution in [0.4, 0.5) is 5.69 Å². The Hall–Kier alpha value is -4.56. The van der Waals surface area contributed by atoms with E-state index in [4.69, 9.17) is 14.2 Å². The van der Waals surface area contributed by atoms with Gasteiger partial charge in [-0.3, -0.25) is 14.9 Å². The van der Waals surface area contributed by atoms with Gasteiger partial charge in [-0.1, -0.05) is 30.3 Å². The number of nitro benzene ring substituents is 1. The van der Waals surface area contributed by atoms with E-state index in [1.165, 1.54) is 62.6 Å². The number of fused-ring (bicyclic) bond motifs is 1. The van der Waals surface area contributed by atoms with Gasteiger partial charge in [0.05, 0.1) is 34.2 Å². The molecule has 210 valence electrons. The summed E-state index contributed by atoms with van der Waals surface area (Å²) in [5, 5.41) is 14.8. The summed E-state index contributed by atoms with van der Waals surface area (Å²) < 4.78 is 41.7. The minimum absolute atomic E-state index is 0.00983. The van der Waals surface area contributed by atoms with Crippen molar-refractivity contribution in [3.63, 3.8) is 0 Å². The third-order valence-electron chi connectivity index (χ3n) is 6.39. The second-order valence-corrected chi connectivity index (χ2v) is 10.6. The van der Waals surface area contributed by atoms with Gasteiger partial charge in [0.1, 0.15) is 11.5 Å². The smallest absolute Gasteiger partial charge is 0.338 e. The quantitative estimate of drug-likeness (QED) is 0.203. The number of hydrogen-bond donors (Lipinski definition) is 1. The van der Waals surface area contributed by atoms with E-state index in [1.807, 2.05) is 0 Å². The molecule has 1 unspecified atom stereocenters. The number of sulfonamides is 1. The number of hydrogen-bond acceptors (Lipinski definition) is 11. The fourth-order valence-corrected chi connectivity index (χ4v) is 6.02. The topological polar surface area (TPSA) is 171 Å². The van der Waals surface area contributed by atoms with E-state index in [1.54, 1.807) is 6.92 Å². The zero-order valence-corrected chi connectivity index (χ0v) is 22.5. The maximum absolute atomic E-state index is 13.5. The SMILES string of the molecule is COCCOC(=O)C1=C(C)NC(C)=C(C(=O)OCN2C(=O)c3ccccc3S2(=O)=O)C1c1ccccc1[N+](=O)[O-]. The van der Waals surface area contributed by atoms with Gasteiger partial charge in [0.25, 0.3) is 21.6 Å². The van der Waals surface area contributed by atoms with Crippen molar-refractivity contribution in [2.24, 2.45) is 0 Å². The highest BCUT2D eigenvalue weighted by Gasteiger charge is 2.44. The van der Waals surface area contributed by atoms with Crippen LogP contribution in [0.25, 0.3) is 0 Å². The molecule has 1 amide bonds. The number of methoxy groups -OCH3 is 1. The van der Waals surface area contributed by atoms with Crippen molar-refractivity contribution in [1.29, 1.82) is 0 Å². The molecule has 0 aliphatic carbocycles. The Bertz CT molecular complexity index is 1580. The van der Waals surface area contributed by atoms with Crippen molar-refractivity contribution in [3.8, 4) is 0 Å². The summed E-state index contributed by atoms with van der Waals surface area (Å²) in [7, 11) is -2.86. The Morgan fingerprint density at radius 2 is 1.57 bits per heavy atom. The zero-order chi connectivity index (χ0) is 29.2. The Labute approximate surface area is 229 Å². The first-order chi connectivity index (χ1) is 19.0. The number of nitro groups is 1. The standard InChI is InChI=1S/C26H25N3O10S/c1-15-21(25(31)38-13-12-37-3)23(17-8-4-6-10-19(17)29(33)34)22(16(2)27-15)26(32)39-14-28-24(30)18-9-5-7-11-20(18)40(28,35)36/h4-11,23,27H,12-14H2,1-3H3. The average Bonchev–Trinajstić information content (AvgIpc) is 3.11. The zero-order valence-electron chi connectivity index (χ0n) is 21.7. The molecule has 13 nitrogen and oxygen atoms in total. The third kappa shape index (κ3) is 5.05. The van der Waals surface area contributed by atoms with Crippen LogP contribution in [0.1, 0.15) is 35.7 Å². The molecule has 0 bridgehead atoms. The number of esters is 2. The summed E-state index contributed by atoms with van der Waals surface area (Å²) in [6.07, 6.45) is 0. The first-order valence-electron chi connectivity index (χ1n) is 11.9. The van der Waals surface area contributed by atoms with Crippen LogP contribution in [0.3, 0.4) is 0 Å². The summed E-state index contributed by atoms with van der Waals surface area (Å²) in [4.78, 5) is 50.5. The van der Waals surface area contributed by atoms with E-state index >= 15 is 0 Å². The Morgan fingerprint density at radius 3 is 2.20 bits per heavy atom. The number of rotatable bonds is 9. The van der Waals surface area contributed by atoms with Gasteiger partial charge in [0, 0.05) is 30.1 Å². The lowest BCUT2D eigenvalue weighted by Crippen LogP contribution is -2.36. The number of dihydropyridines is 1. The predicted octanol–water partition coefficient (Wildman–Crippen LogP) is 2.36. The molecule has 0 fully saturated rings. The molecule has 1 atom stereocenters. The van der Waals surface area contributed by atoms with Gasteiger partial charge < -0.3 is 19.5 Å². The number of carbonyl (C=O) groups excluding carboxylic acids is 3. The van der Waals surface area contributed by atoms with E-state index < -0.39 is 45.4 Å². The van der Waals surface area contributed by atoms with Crippen LogP contribution >= 0.6 is 0 Å². The largest absolute Gasteiger partial charge is 0.460 e. The summed E-state index contributed by atoms with van der Waals surface area (Å²) >= 11 is 0. The van der Waals surface area contributed by atoms with Crippen LogP contribution in [0.2, 0.25) is 0 Å². The molecular formula is C26H25N3O10S. The van der Waals surface area contributed by atoms with E-state index in [2.05, 4.69) is 5.32 Å². The number of benzene rings is 2. The fourth-order valence-electron chi connectivity index (χ4n) is 4.59. The van der Waals surface area contributed by atoms with Gasteiger partial charge in [0.2, 0.25) is 0 Å². The molecule has 40 heavy (non-hydrogen) atoms. The highest BCUT2D eigenvalue weighted by Crippen LogP contribution is 2.42. The monoisotopic (exact) mass is 571 g/mol. The number of amides is 1. The van der Waals surface area contributed by atoms with Crippen LogP contribution in [0.5, 0.6) is 0 Å². The molecule has 2 aromatic rings. The summed E-state index contributed by atoms with van der Waals surface area (Å²) in [6.45, 7) is 2.07. The van der Waals surface area contributed by atoms with Gasteiger partial charge in [-0.15, -0.1) is 0 Å². The van der Waals surface area contributed by atoms with Crippen molar-refractivity contribution in [1.82, 2.24) is 9.62 Å². The Kier molecular flexibility index (Phi) is 8.02. The molecule has 14 heteroatoms. The number of nitrogens with one attached hydrogen (secondary N) is 1. The summed E-state index contributed by atoms with van der Waals surface area (Å²) in [5.74, 6) is -4.13. The molecule has 0 saturated carbocycles. The number of ether oxygens (including phenoxy) is 3. The number of nitrogens with zero attached hydrogens (tertiary/aromatic N) is 2. The lowest BCUT2D eigenvalue weighted by molar-refractivity contribution is -0.385. The minimum atomic E-state index is -4.27. The highest BCUT2D eigenvalue weighted by molar-refractivity contribution is 7.90. The lowest BCUT2D eigenvalue weighted by atomic mass is 9.79. The molecule has 0 radical (unpaired) electrons. The number of allylic oxidation sites excluding steroid dienone is 2. The average molecular weight is 572 g/mol. The van der Waals surface area contributed by atoms with Gasteiger partial charge in [-0.25, -0.2) is 18.0 Å². The minimum Gasteiger partial charge on any atom is -0.460 e. The van der Waals surface area contributed by atoms with Crippen LogP contribution < -0.4 is 5.32 Å². The molecular weight excluding hydrogens is 546 g/mol. The molecule has 0 aromatic heterocycles. The number of carbonyl (C=O) groups is 3. The van der Waals surface area contributed by atoms with Crippen molar-refractivity contribution in [3.05, 3.63) is 92.3 Å². The predicted molar refractivity (Wildman–Crippen MR) is 138 cm³/mol. The van der Waals surface area contributed by atoms with E-state index in [0.29, 0.717) is 4.31 Å². The van der Waals surface area contributed by atoms with E-state index in [9.17, 15) is 32.9 Å². The Morgan fingerprint density at radius 1 is 0.975 bits per heavy atom. The van der Waals surface area contributed by atoms with Gasteiger partial charge in [-0.2, -0.15) is 4.31 Å². The fraction of sp³-hybridized carbons (Fsp3) is 0.269. The maximum Gasteiger partial charge on any atom is 0.338 e. The second kappa shape index (κ2) is 11.3. The third-order valence-corrected chi connectivity index (χ3v) is 8.15. The van der Waals surface area contributed by atoms with Gasteiger partial charge in [0.15, 0.2) is 6.73 Å². The molecule has 0 saturated heterocycles. The first-order valence-corrected chi connectivity index (χ1v) is 13.4. The summed E-state index contributed by atoms with van der Waals surface area (Å²) in [6, 6.07) is 11.1. The molecule has 2 heterocycles. The first kappa shape index (κ1) is 28.4. The van der Waals surface area contributed by atoms with Crippen molar-refractivity contribution in [2.75, 3.05) is 27.1 Å². The van der Waals surface area contributed by atoms with Crippen LogP contribution in [0, 0.1) is 10.1 Å². The second-order valence-electron chi connectivity index (χ2n) is 8.80. The van der Waals surface area contributed by atoms with E-state index in [0.717, 1.165) is 0 Å². The molecule has 0 spiro atoms. The van der Waals surface area contributed by atoms with Gasteiger partial charge in [-0.05, 0) is 26.0 Å². The van der Waals surface area contributed by atoms with Crippen molar-refractivity contribution < 1.29 is 41.9 Å². The van der Waals surface area contributed by atoms with Gasteiger partial charge >= 0.3 is 11.9 Å².